The van der Waals surface area contributed by atoms with Crippen molar-refractivity contribution in [2.45, 2.75) is 17.7 Å². The lowest BCUT2D eigenvalue weighted by atomic mass is 10.0. The Labute approximate surface area is 122 Å². The van der Waals surface area contributed by atoms with Crippen molar-refractivity contribution in [2.75, 3.05) is 0 Å². The number of ketones is 1. The maximum absolute atomic E-state index is 12.4. The number of furan rings is 1. The van der Waals surface area contributed by atoms with Crippen molar-refractivity contribution in [3.8, 4) is 0 Å². The molecule has 0 radical (unpaired) electrons. The van der Waals surface area contributed by atoms with E-state index < -0.39 is 0 Å². The largest absolute Gasteiger partial charge is 0.469 e. The zero-order valence-corrected chi connectivity index (χ0v) is 11.6. The summed E-state index contributed by atoms with van der Waals surface area (Å²) in [5.41, 5.74) is 1.46. The molecule has 0 N–H and O–H groups in total. The summed E-state index contributed by atoms with van der Waals surface area (Å²) >= 11 is 4.38. The number of Topliss-reactive ketones (excluding diaryl/α,β-unsaturated/α-hetero) is 1. The highest BCUT2D eigenvalue weighted by atomic mass is 32.1. The van der Waals surface area contributed by atoms with Gasteiger partial charge in [-0.15, -0.1) is 12.6 Å². The molecule has 0 aliphatic carbocycles. The van der Waals surface area contributed by atoms with E-state index in [0.29, 0.717) is 18.4 Å². The van der Waals surface area contributed by atoms with E-state index in [0.717, 1.165) is 21.6 Å². The van der Waals surface area contributed by atoms with Gasteiger partial charge in [-0.3, -0.25) is 9.78 Å². The van der Waals surface area contributed by atoms with Gasteiger partial charge < -0.3 is 4.42 Å². The Bertz CT molecular complexity index is 750. The number of aryl methyl sites for hydroxylation is 1. The Hall–Kier alpha value is -2.07. The minimum Gasteiger partial charge on any atom is -0.469 e. The topological polar surface area (TPSA) is 43.1 Å². The van der Waals surface area contributed by atoms with E-state index in [1.807, 2.05) is 30.3 Å². The van der Waals surface area contributed by atoms with Crippen LogP contribution < -0.4 is 0 Å². The molecule has 100 valence electrons. The molecule has 0 amide bonds. The summed E-state index contributed by atoms with van der Waals surface area (Å²) in [7, 11) is 0. The number of hydrogen-bond donors (Lipinski definition) is 1. The van der Waals surface area contributed by atoms with Crippen LogP contribution in [0.4, 0.5) is 0 Å². The van der Waals surface area contributed by atoms with Crippen LogP contribution in [0.25, 0.3) is 10.9 Å². The van der Waals surface area contributed by atoms with E-state index >= 15 is 0 Å². The molecule has 2 aromatic heterocycles. The molecule has 20 heavy (non-hydrogen) atoms. The second kappa shape index (κ2) is 5.51. The SMILES string of the molecule is O=C(CCc1ccco1)c1ccnc2c(S)cccc12. The number of carbonyl (C=O) groups excluding carboxylic acids is 1. The van der Waals surface area contributed by atoms with Crippen LogP contribution >= 0.6 is 12.6 Å². The van der Waals surface area contributed by atoms with Crippen LogP contribution in [0.15, 0.2) is 58.2 Å². The van der Waals surface area contributed by atoms with Gasteiger partial charge in [0.05, 0.1) is 11.8 Å². The van der Waals surface area contributed by atoms with Crippen LogP contribution in [-0.4, -0.2) is 10.8 Å². The number of pyridine rings is 1. The lowest BCUT2D eigenvalue weighted by molar-refractivity contribution is 0.0982. The standard InChI is InChI=1S/C16H13NO2S/c18-14(7-6-11-3-2-10-19-11)12-8-9-17-16-13(12)4-1-5-15(16)20/h1-5,8-10,20H,6-7H2. The summed E-state index contributed by atoms with van der Waals surface area (Å²) in [4.78, 5) is 17.4. The first kappa shape index (κ1) is 12.9. The number of rotatable bonds is 4. The van der Waals surface area contributed by atoms with Crippen molar-refractivity contribution in [3.05, 3.63) is 60.2 Å². The first-order valence-corrected chi connectivity index (χ1v) is 6.83. The molecule has 1 aromatic carbocycles. The minimum atomic E-state index is 0.0905. The fourth-order valence-electron chi connectivity index (χ4n) is 2.23. The lowest BCUT2D eigenvalue weighted by Gasteiger charge is -2.06. The molecule has 3 nitrogen and oxygen atoms in total. The molecule has 0 aliphatic rings. The first-order valence-electron chi connectivity index (χ1n) is 6.38. The summed E-state index contributed by atoms with van der Waals surface area (Å²) in [5.74, 6) is 0.916. The highest BCUT2D eigenvalue weighted by Gasteiger charge is 2.12. The molecular formula is C16H13NO2S. The van der Waals surface area contributed by atoms with Crippen molar-refractivity contribution < 1.29 is 9.21 Å². The predicted molar refractivity (Wildman–Crippen MR) is 80.4 cm³/mol. The molecule has 3 aromatic rings. The van der Waals surface area contributed by atoms with Crippen molar-refractivity contribution in [2.24, 2.45) is 0 Å². The molecule has 0 unspecified atom stereocenters. The molecule has 0 fully saturated rings. The Balaban J connectivity index is 1.90. The smallest absolute Gasteiger partial charge is 0.164 e. The van der Waals surface area contributed by atoms with E-state index in [-0.39, 0.29) is 5.78 Å². The van der Waals surface area contributed by atoms with E-state index in [2.05, 4.69) is 17.6 Å². The summed E-state index contributed by atoms with van der Waals surface area (Å²) < 4.78 is 5.25. The highest BCUT2D eigenvalue weighted by molar-refractivity contribution is 7.80. The summed E-state index contributed by atoms with van der Waals surface area (Å²) in [6.45, 7) is 0. The third-order valence-corrected chi connectivity index (χ3v) is 3.59. The number of fused-ring (bicyclic) bond motifs is 1. The molecule has 0 bridgehead atoms. The van der Waals surface area contributed by atoms with Gasteiger partial charge in [0, 0.05) is 34.9 Å². The van der Waals surface area contributed by atoms with Gasteiger partial charge in [0.15, 0.2) is 5.78 Å². The van der Waals surface area contributed by atoms with Crippen molar-refractivity contribution in [1.82, 2.24) is 4.98 Å². The molecule has 0 saturated heterocycles. The second-order valence-corrected chi connectivity index (χ2v) is 5.02. The van der Waals surface area contributed by atoms with E-state index in [1.165, 1.54) is 0 Å². The molecule has 2 heterocycles. The van der Waals surface area contributed by atoms with Gasteiger partial charge in [0.25, 0.3) is 0 Å². The Morgan fingerprint density at radius 3 is 2.90 bits per heavy atom. The number of hydrogen-bond acceptors (Lipinski definition) is 4. The van der Waals surface area contributed by atoms with Gasteiger partial charge in [-0.05, 0) is 24.3 Å². The van der Waals surface area contributed by atoms with Crippen LogP contribution in [0.1, 0.15) is 22.5 Å². The summed E-state index contributed by atoms with van der Waals surface area (Å²) in [6, 6.07) is 11.1. The fraction of sp³-hybridized carbons (Fsp3) is 0.125. The average molecular weight is 283 g/mol. The highest BCUT2D eigenvalue weighted by Crippen LogP contribution is 2.23. The van der Waals surface area contributed by atoms with Gasteiger partial charge in [-0.25, -0.2) is 0 Å². The second-order valence-electron chi connectivity index (χ2n) is 4.53. The molecule has 3 rings (SSSR count). The number of thiol groups is 1. The van der Waals surface area contributed by atoms with Gasteiger partial charge in [-0.1, -0.05) is 12.1 Å². The van der Waals surface area contributed by atoms with Crippen LogP contribution in [-0.2, 0) is 6.42 Å². The van der Waals surface area contributed by atoms with Crippen LogP contribution in [0.5, 0.6) is 0 Å². The Kier molecular flexibility index (Phi) is 3.56. The first-order chi connectivity index (χ1) is 9.75. The number of aromatic nitrogens is 1. The fourth-order valence-corrected chi connectivity index (χ4v) is 2.49. The van der Waals surface area contributed by atoms with Crippen molar-refractivity contribution in [3.63, 3.8) is 0 Å². The number of carbonyl (C=O) groups is 1. The van der Waals surface area contributed by atoms with Crippen molar-refractivity contribution >= 4 is 29.3 Å². The van der Waals surface area contributed by atoms with E-state index in [1.54, 1.807) is 18.5 Å². The molecule has 0 spiro atoms. The third-order valence-electron chi connectivity index (χ3n) is 3.23. The van der Waals surface area contributed by atoms with E-state index in [4.69, 9.17) is 4.42 Å². The molecule has 4 heteroatoms. The number of para-hydroxylation sites is 1. The predicted octanol–water partition coefficient (Wildman–Crippen LogP) is 3.93. The van der Waals surface area contributed by atoms with Gasteiger partial charge >= 0.3 is 0 Å². The Morgan fingerprint density at radius 2 is 2.10 bits per heavy atom. The Morgan fingerprint density at radius 1 is 1.20 bits per heavy atom. The third kappa shape index (κ3) is 2.47. The zero-order valence-electron chi connectivity index (χ0n) is 10.7. The average Bonchev–Trinajstić information content (AvgIpc) is 2.98. The van der Waals surface area contributed by atoms with Crippen LogP contribution in [0.3, 0.4) is 0 Å². The van der Waals surface area contributed by atoms with Gasteiger partial charge in [-0.2, -0.15) is 0 Å². The molecule has 0 atom stereocenters. The summed E-state index contributed by atoms with van der Waals surface area (Å²) in [5, 5.41) is 0.851. The molecular weight excluding hydrogens is 270 g/mol. The number of benzene rings is 1. The lowest BCUT2D eigenvalue weighted by Crippen LogP contribution is -2.02. The summed E-state index contributed by atoms with van der Waals surface area (Å²) in [6.07, 6.45) is 4.30. The van der Waals surface area contributed by atoms with Gasteiger partial charge in [0.1, 0.15) is 5.76 Å². The number of nitrogens with zero attached hydrogens (tertiary/aromatic N) is 1. The van der Waals surface area contributed by atoms with E-state index in [9.17, 15) is 4.79 Å². The zero-order chi connectivity index (χ0) is 13.9. The van der Waals surface area contributed by atoms with Crippen molar-refractivity contribution in [1.29, 1.82) is 0 Å². The minimum absolute atomic E-state index is 0.0905. The van der Waals surface area contributed by atoms with Crippen LogP contribution in [0, 0.1) is 0 Å². The van der Waals surface area contributed by atoms with Crippen LogP contribution in [0.2, 0.25) is 0 Å². The van der Waals surface area contributed by atoms with Gasteiger partial charge in [0.2, 0.25) is 0 Å². The maximum Gasteiger partial charge on any atom is 0.164 e. The monoisotopic (exact) mass is 283 g/mol. The molecule has 0 saturated carbocycles. The maximum atomic E-state index is 12.4. The molecule has 0 aliphatic heterocycles. The quantitative estimate of drug-likeness (QED) is 0.582. The normalized spacial score (nSPS) is 10.8.